The highest BCUT2D eigenvalue weighted by molar-refractivity contribution is 4.86. The molecule has 18 heavy (non-hydrogen) atoms. The van der Waals surface area contributed by atoms with Gasteiger partial charge in [-0.1, -0.05) is 6.42 Å². The maximum Gasteiger partial charge on any atom is 0.0224 e. The van der Waals surface area contributed by atoms with Crippen LogP contribution in [0.25, 0.3) is 0 Å². The van der Waals surface area contributed by atoms with Crippen molar-refractivity contribution in [2.24, 2.45) is 0 Å². The van der Waals surface area contributed by atoms with Crippen LogP contribution in [0.2, 0.25) is 0 Å². The van der Waals surface area contributed by atoms with Crippen LogP contribution in [-0.4, -0.2) is 61.2 Å². The quantitative estimate of drug-likeness (QED) is 0.820. The van der Waals surface area contributed by atoms with Crippen molar-refractivity contribution in [3.05, 3.63) is 0 Å². The number of nitrogens with one attached hydrogen (secondary N) is 1. The largest absolute Gasteiger partial charge is 0.314 e. The molecule has 2 unspecified atom stereocenters. The van der Waals surface area contributed by atoms with E-state index in [1.54, 1.807) is 0 Å². The van der Waals surface area contributed by atoms with Crippen LogP contribution in [0.5, 0.6) is 0 Å². The summed E-state index contributed by atoms with van der Waals surface area (Å²) in [6.45, 7) is 7.94. The van der Waals surface area contributed by atoms with Crippen molar-refractivity contribution < 1.29 is 0 Å². The molecule has 3 heterocycles. The molecule has 0 aromatic carbocycles. The maximum absolute atomic E-state index is 3.67. The SMILES string of the molecule is C1CCC(CCCN2CCN3CCCC3C2)NC1. The second-order valence-electron chi connectivity index (χ2n) is 6.42. The van der Waals surface area contributed by atoms with Gasteiger partial charge in [-0.25, -0.2) is 0 Å². The lowest BCUT2D eigenvalue weighted by Gasteiger charge is -2.37. The Morgan fingerprint density at radius 3 is 2.89 bits per heavy atom. The van der Waals surface area contributed by atoms with Crippen molar-refractivity contribution >= 4 is 0 Å². The maximum atomic E-state index is 3.67. The minimum atomic E-state index is 0.825. The fourth-order valence-electron chi connectivity index (χ4n) is 3.99. The first-order chi connectivity index (χ1) is 8.92. The van der Waals surface area contributed by atoms with Crippen molar-refractivity contribution in [3.63, 3.8) is 0 Å². The third kappa shape index (κ3) is 3.25. The van der Waals surface area contributed by atoms with E-state index in [0.717, 1.165) is 12.1 Å². The minimum absolute atomic E-state index is 0.825. The lowest BCUT2D eigenvalue weighted by atomic mass is 10.0. The van der Waals surface area contributed by atoms with Crippen molar-refractivity contribution in [2.75, 3.05) is 39.3 Å². The molecule has 3 aliphatic rings. The normalized spacial score (nSPS) is 34.7. The van der Waals surface area contributed by atoms with Gasteiger partial charge in [0.15, 0.2) is 0 Å². The van der Waals surface area contributed by atoms with Crippen LogP contribution in [0, 0.1) is 0 Å². The van der Waals surface area contributed by atoms with E-state index in [4.69, 9.17) is 0 Å². The Bertz CT molecular complexity index is 250. The molecule has 3 aliphatic heterocycles. The van der Waals surface area contributed by atoms with Gasteiger partial charge >= 0.3 is 0 Å². The zero-order valence-electron chi connectivity index (χ0n) is 11.7. The number of piperidine rings is 1. The smallest absolute Gasteiger partial charge is 0.0224 e. The molecule has 1 N–H and O–H groups in total. The Kier molecular flexibility index (Phi) is 4.55. The van der Waals surface area contributed by atoms with Gasteiger partial charge in [0.2, 0.25) is 0 Å². The predicted octanol–water partition coefficient (Wildman–Crippen LogP) is 1.69. The summed E-state index contributed by atoms with van der Waals surface area (Å²) in [6, 6.07) is 1.72. The minimum Gasteiger partial charge on any atom is -0.314 e. The lowest BCUT2D eigenvalue weighted by molar-refractivity contribution is 0.102. The van der Waals surface area contributed by atoms with E-state index >= 15 is 0 Å². The molecule has 0 amide bonds. The second-order valence-corrected chi connectivity index (χ2v) is 6.42. The van der Waals surface area contributed by atoms with Gasteiger partial charge in [-0.3, -0.25) is 4.90 Å². The molecule has 3 fully saturated rings. The Hall–Kier alpha value is -0.120. The number of nitrogens with zero attached hydrogens (tertiary/aromatic N) is 2. The van der Waals surface area contributed by atoms with Crippen LogP contribution >= 0.6 is 0 Å². The molecule has 0 aromatic rings. The molecule has 0 saturated carbocycles. The fraction of sp³-hybridized carbons (Fsp3) is 1.00. The molecular formula is C15H29N3. The molecule has 104 valence electrons. The molecule has 0 aliphatic carbocycles. The van der Waals surface area contributed by atoms with Gasteiger partial charge in [-0.2, -0.15) is 0 Å². The average Bonchev–Trinajstić information content (AvgIpc) is 2.87. The van der Waals surface area contributed by atoms with Crippen LogP contribution < -0.4 is 5.32 Å². The highest BCUT2D eigenvalue weighted by atomic mass is 15.3. The third-order valence-electron chi connectivity index (χ3n) is 5.11. The molecule has 2 atom stereocenters. The van der Waals surface area contributed by atoms with E-state index in [9.17, 15) is 0 Å². The summed E-state index contributed by atoms with van der Waals surface area (Å²) in [5.41, 5.74) is 0. The molecule has 0 radical (unpaired) electrons. The summed E-state index contributed by atoms with van der Waals surface area (Å²) in [6.07, 6.45) is 9.91. The van der Waals surface area contributed by atoms with Crippen molar-refractivity contribution in [1.82, 2.24) is 15.1 Å². The monoisotopic (exact) mass is 251 g/mol. The van der Waals surface area contributed by atoms with E-state index in [0.29, 0.717) is 0 Å². The van der Waals surface area contributed by atoms with E-state index in [1.165, 1.54) is 84.2 Å². The first kappa shape index (κ1) is 12.9. The summed E-state index contributed by atoms with van der Waals surface area (Å²) in [7, 11) is 0. The van der Waals surface area contributed by atoms with Gasteiger partial charge in [0.1, 0.15) is 0 Å². The predicted molar refractivity (Wildman–Crippen MR) is 75.9 cm³/mol. The van der Waals surface area contributed by atoms with Gasteiger partial charge in [0.05, 0.1) is 0 Å². The van der Waals surface area contributed by atoms with Crippen molar-refractivity contribution in [1.29, 1.82) is 0 Å². The number of fused-ring (bicyclic) bond motifs is 1. The number of piperazine rings is 1. The van der Waals surface area contributed by atoms with Crippen LogP contribution in [0.15, 0.2) is 0 Å². The first-order valence-electron chi connectivity index (χ1n) is 8.11. The molecule has 0 spiro atoms. The molecular weight excluding hydrogens is 222 g/mol. The van der Waals surface area contributed by atoms with Gasteiger partial charge in [0, 0.05) is 31.7 Å². The third-order valence-corrected chi connectivity index (χ3v) is 5.11. The highest BCUT2D eigenvalue weighted by Gasteiger charge is 2.30. The number of hydrogen-bond donors (Lipinski definition) is 1. The summed E-state index contributed by atoms with van der Waals surface area (Å²) >= 11 is 0. The Balaban J connectivity index is 1.33. The first-order valence-corrected chi connectivity index (χ1v) is 8.11. The van der Waals surface area contributed by atoms with E-state index in [1.807, 2.05) is 0 Å². The fourth-order valence-corrected chi connectivity index (χ4v) is 3.99. The van der Waals surface area contributed by atoms with E-state index in [-0.39, 0.29) is 0 Å². The molecule has 3 saturated heterocycles. The lowest BCUT2D eigenvalue weighted by Crippen LogP contribution is -2.50. The molecule has 0 aromatic heterocycles. The molecule has 3 rings (SSSR count). The van der Waals surface area contributed by atoms with Crippen LogP contribution in [0.4, 0.5) is 0 Å². The standard InChI is InChI=1S/C15H29N3/c1-2-8-16-14(5-1)6-3-9-17-11-12-18-10-4-7-15(18)13-17/h14-16H,1-13H2. The molecule has 3 heteroatoms. The highest BCUT2D eigenvalue weighted by Crippen LogP contribution is 2.21. The van der Waals surface area contributed by atoms with Crippen molar-refractivity contribution in [2.45, 2.75) is 57.0 Å². The van der Waals surface area contributed by atoms with Crippen molar-refractivity contribution in [3.8, 4) is 0 Å². The van der Waals surface area contributed by atoms with Crippen LogP contribution in [0.3, 0.4) is 0 Å². The Morgan fingerprint density at radius 2 is 2.00 bits per heavy atom. The zero-order chi connectivity index (χ0) is 12.2. The molecule has 3 nitrogen and oxygen atoms in total. The van der Waals surface area contributed by atoms with Gasteiger partial charge in [0.25, 0.3) is 0 Å². The summed E-state index contributed by atoms with van der Waals surface area (Å²) < 4.78 is 0. The Labute approximate surface area is 112 Å². The summed E-state index contributed by atoms with van der Waals surface area (Å²) in [5.74, 6) is 0. The van der Waals surface area contributed by atoms with Gasteiger partial charge in [-0.15, -0.1) is 0 Å². The average molecular weight is 251 g/mol. The van der Waals surface area contributed by atoms with Crippen LogP contribution in [-0.2, 0) is 0 Å². The van der Waals surface area contributed by atoms with E-state index < -0.39 is 0 Å². The zero-order valence-corrected chi connectivity index (χ0v) is 11.7. The number of rotatable bonds is 4. The van der Waals surface area contributed by atoms with Crippen LogP contribution in [0.1, 0.15) is 44.9 Å². The molecule has 0 bridgehead atoms. The van der Waals surface area contributed by atoms with E-state index in [2.05, 4.69) is 15.1 Å². The number of hydrogen-bond acceptors (Lipinski definition) is 3. The Morgan fingerprint density at radius 1 is 1.00 bits per heavy atom. The van der Waals surface area contributed by atoms with Gasteiger partial charge < -0.3 is 10.2 Å². The van der Waals surface area contributed by atoms with Gasteiger partial charge in [-0.05, 0) is 58.2 Å². The summed E-state index contributed by atoms with van der Waals surface area (Å²) in [4.78, 5) is 5.43. The topological polar surface area (TPSA) is 18.5 Å². The summed E-state index contributed by atoms with van der Waals surface area (Å²) in [5, 5.41) is 3.67. The second kappa shape index (κ2) is 6.36.